The monoisotopic (exact) mass is 699 g/mol. The normalized spacial score (nSPS) is 11.6. The van der Waals surface area contributed by atoms with Crippen LogP contribution in [0.5, 0.6) is 0 Å². The van der Waals surface area contributed by atoms with Gasteiger partial charge in [-0.05, 0) is 72.3 Å². The first-order chi connectivity index (χ1) is 27.2. The van der Waals surface area contributed by atoms with Crippen LogP contribution in [0.15, 0.2) is 176 Å². The van der Waals surface area contributed by atoms with E-state index in [0.29, 0.717) is 11.1 Å². The van der Waals surface area contributed by atoms with Gasteiger partial charge in [0.25, 0.3) is 0 Å². The van der Waals surface area contributed by atoms with E-state index >= 15 is 0 Å². The molecule has 11 aromatic rings. The molecule has 0 N–H and O–H groups in total. The van der Waals surface area contributed by atoms with Gasteiger partial charge in [0.1, 0.15) is 6.07 Å². The lowest BCUT2D eigenvalue weighted by atomic mass is 10.00. The molecule has 11 rings (SSSR count). The highest BCUT2D eigenvalue weighted by Crippen LogP contribution is 2.42. The Balaban J connectivity index is 1.15. The topological polar surface area (TPSA) is 62.4 Å². The summed E-state index contributed by atoms with van der Waals surface area (Å²) >= 11 is 0. The number of fused-ring (bicyclic) bond motifs is 9. The van der Waals surface area contributed by atoms with Crippen molar-refractivity contribution in [3.05, 3.63) is 187 Å². The summed E-state index contributed by atoms with van der Waals surface area (Å²) in [6.45, 7) is 0. The number of para-hydroxylation sites is 5. The second kappa shape index (κ2) is 11.8. The fourth-order valence-electron chi connectivity index (χ4n) is 8.83. The Bertz CT molecular complexity index is 3420. The predicted octanol–water partition coefficient (Wildman–Crippen LogP) is 12.4. The summed E-state index contributed by atoms with van der Waals surface area (Å²) in [7, 11) is 0. The molecule has 0 aliphatic rings. The quantitative estimate of drug-likeness (QED) is 0.184. The molecule has 0 aliphatic carbocycles. The molecule has 0 spiro atoms. The number of nitrogens with zero attached hydrogens (tertiary/aromatic N) is 5. The maximum absolute atomic E-state index is 10.7. The van der Waals surface area contributed by atoms with Crippen LogP contribution >= 0.6 is 0 Å². The second-order valence-corrected chi connectivity index (χ2v) is 14.0. The standard InChI is InChI=1S/C50H29N5/c51-30-32-24-26-39-38-15-4-7-18-43(38)53(49(39)28-32)41-27-25-33(29-34(41)31-52)35-12-1-6-17-42(35)54-46-21-10-5-16-40(46)50-47(54)22-11-23-48(50)55-44-19-8-2-13-36(44)37-14-3-9-20-45(37)55/h1-29H. The first kappa shape index (κ1) is 30.7. The smallest absolute Gasteiger partial charge is 0.101 e. The highest BCUT2D eigenvalue weighted by atomic mass is 15.0. The summed E-state index contributed by atoms with van der Waals surface area (Å²) in [5.74, 6) is 0. The molecule has 3 aromatic heterocycles. The SMILES string of the molecule is N#Cc1ccc2c3ccccc3n(-c3ccc(-c4ccccc4-n4c5ccccc5c5c(-n6c7ccccc7c7ccccc76)cccc54)cc3C#N)c2c1. The highest BCUT2D eigenvalue weighted by Gasteiger charge is 2.22. The molecule has 8 aromatic carbocycles. The fourth-order valence-corrected chi connectivity index (χ4v) is 8.83. The van der Waals surface area contributed by atoms with Crippen molar-refractivity contribution in [2.75, 3.05) is 0 Å². The van der Waals surface area contributed by atoms with Crippen LogP contribution in [0.3, 0.4) is 0 Å². The van der Waals surface area contributed by atoms with Gasteiger partial charge in [0.05, 0.1) is 67.4 Å². The molecule has 0 saturated carbocycles. The number of aromatic nitrogens is 3. The Morgan fingerprint density at radius 3 is 1.51 bits per heavy atom. The van der Waals surface area contributed by atoms with Crippen LogP contribution in [-0.4, -0.2) is 13.7 Å². The highest BCUT2D eigenvalue weighted by molar-refractivity contribution is 6.17. The lowest BCUT2D eigenvalue weighted by Gasteiger charge is -2.16. The zero-order valence-corrected chi connectivity index (χ0v) is 29.5. The maximum Gasteiger partial charge on any atom is 0.101 e. The van der Waals surface area contributed by atoms with Crippen molar-refractivity contribution < 1.29 is 0 Å². The van der Waals surface area contributed by atoms with Crippen molar-refractivity contribution in [1.29, 1.82) is 10.5 Å². The maximum atomic E-state index is 10.7. The summed E-state index contributed by atoms with van der Waals surface area (Å²) in [5, 5.41) is 27.4. The summed E-state index contributed by atoms with van der Waals surface area (Å²) in [6.07, 6.45) is 0. The summed E-state index contributed by atoms with van der Waals surface area (Å²) in [4.78, 5) is 0. The minimum atomic E-state index is 0.549. The van der Waals surface area contributed by atoms with Gasteiger partial charge in [-0.1, -0.05) is 109 Å². The third-order valence-electron chi connectivity index (χ3n) is 11.1. The van der Waals surface area contributed by atoms with Crippen LogP contribution < -0.4 is 0 Å². The molecular weight excluding hydrogens is 671 g/mol. The third kappa shape index (κ3) is 4.39. The fraction of sp³-hybridized carbons (Fsp3) is 0. The molecule has 0 fully saturated rings. The van der Waals surface area contributed by atoms with E-state index in [1.807, 2.05) is 42.5 Å². The van der Waals surface area contributed by atoms with Crippen LogP contribution in [0.25, 0.3) is 93.6 Å². The van der Waals surface area contributed by atoms with E-state index in [1.165, 1.54) is 32.6 Å². The molecule has 0 aliphatic heterocycles. The van der Waals surface area contributed by atoms with Crippen molar-refractivity contribution in [1.82, 2.24) is 13.7 Å². The van der Waals surface area contributed by atoms with Gasteiger partial charge < -0.3 is 13.7 Å². The molecule has 55 heavy (non-hydrogen) atoms. The Hall–Kier alpha value is -7.86. The Morgan fingerprint density at radius 1 is 0.345 bits per heavy atom. The molecule has 0 saturated heterocycles. The van der Waals surface area contributed by atoms with Gasteiger partial charge in [0.2, 0.25) is 0 Å². The average molecular weight is 700 g/mol. The van der Waals surface area contributed by atoms with Crippen LogP contribution in [0.4, 0.5) is 0 Å². The second-order valence-electron chi connectivity index (χ2n) is 14.0. The number of benzene rings is 8. The van der Waals surface area contributed by atoms with Gasteiger partial charge in [-0.3, -0.25) is 0 Å². The van der Waals surface area contributed by atoms with E-state index in [-0.39, 0.29) is 0 Å². The Kier molecular flexibility index (Phi) is 6.61. The van der Waals surface area contributed by atoms with Crippen LogP contribution in [0.2, 0.25) is 0 Å². The van der Waals surface area contributed by atoms with E-state index in [0.717, 1.165) is 61.0 Å². The van der Waals surface area contributed by atoms with Crippen molar-refractivity contribution in [2.24, 2.45) is 0 Å². The van der Waals surface area contributed by atoms with Gasteiger partial charge in [0, 0.05) is 37.9 Å². The van der Waals surface area contributed by atoms with Crippen LogP contribution in [-0.2, 0) is 0 Å². The minimum absolute atomic E-state index is 0.549. The van der Waals surface area contributed by atoms with Crippen molar-refractivity contribution in [2.45, 2.75) is 0 Å². The zero-order chi connectivity index (χ0) is 36.6. The van der Waals surface area contributed by atoms with Gasteiger partial charge >= 0.3 is 0 Å². The molecule has 0 unspecified atom stereocenters. The van der Waals surface area contributed by atoms with E-state index in [1.54, 1.807) is 0 Å². The van der Waals surface area contributed by atoms with Gasteiger partial charge in [-0.25, -0.2) is 0 Å². The summed E-state index contributed by atoms with van der Waals surface area (Å²) < 4.78 is 6.89. The van der Waals surface area contributed by atoms with Crippen LogP contribution in [0, 0.1) is 22.7 Å². The van der Waals surface area contributed by atoms with Crippen molar-refractivity contribution in [3.63, 3.8) is 0 Å². The van der Waals surface area contributed by atoms with Gasteiger partial charge in [0.15, 0.2) is 0 Å². The molecule has 5 heteroatoms. The Labute approximate surface area is 316 Å². The summed E-state index contributed by atoms with van der Waals surface area (Å²) in [6, 6.07) is 65.9. The van der Waals surface area contributed by atoms with E-state index in [4.69, 9.17) is 0 Å². The number of rotatable bonds is 4. The molecule has 5 nitrogen and oxygen atoms in total. The first-order valence-corrected chi connectivity index (χ1v) is 18.3. The number of nitriles is 2. The molecular formula is C50H29N5. The molecule has 254 valence electrons. The molecule has 0 bridgehead atoms. The molecule has 0 atom stereocenters. The summed E-state index contributed by atoms with van der Waals surface area (Å²) in [5.41, 5.74) is 12.5. The van der Waals surface area contributed by atoms with Gasteiger partial charge in [-0.15, -0.1) is 0 Å². The average Bonchev–Trinajstić information content (AvgIpc) is 3.89. The molecule has 3 heterocycles. The van der Waals surface area contributed by atoms with E-state index < -0.39 is 0 Å². The first-order valence-electron chi connectivity index (χ1n) is 18.3. The third-order valence-corrected chi connectivity index (χ3v) is 11.1. The lowest BCUT2D eigenvalue weighted by Crippen LogP contribution is -2.00. The predicted molar refractivity (Wildman–Crippen MR) is 224 cm³/mol. The minimum Gasteiger partial charge on any atom is -0.309 e. The molecule has 0 radical (unpaired) electrons. The van der Waals surface area contributed by atoms with Crippen molar-refractivity contribution in [3.8, 4) is 40.3 Å². The zero-order valence-electron chi connectivity index (χ0n) is 29.5. The number of hydrogen-bond donors (Lipinski definition) is 0. The lowest BCUT2D eigenvalue weighted by molar-refractivity contribution is 1.16. The largest absolute Gasteiger partial charge is 0.309 e. The van der Waals surface area contributed by atoms with Crippen molar-refractivity contribution >= 4 is 65.4 Å². The van der Waals surface area contributed by atoms with E-state index in [2.05, 4.69) is 159 Å². The number of hydrogen-bond acceptors (Lipinski definition) is 2. The Morgan fingerprint density at radius 2 is 0.855 bits per heavy atom. The van der Waals surface area contributed by atoms with E-state index in [9.17, 15) is 10.5 Å². The van der Waals surface area contributed by atoms with Crippen LogP contribution in [0.1, 0.15) is 11.1 Å². The molecule has 0 amide bonds. The van der Waals surface area contributed by atoms with Gasteiger partial charge in [-0.2, -0.15) is 10.5 Å².